The van der Waals surface area contributed by atoms with E-state index in [4.69, 9.17) is 4.99 Å². The molecule has 3 N–H and O–H groups in total. The third-order valence-corrected chi connectivity index (χ3v) is 4.06. The van der Waals surface area contributed by atoms with E-state index in [1.807, 2.05) is 78.9 Å². The topological polar surface area (TPSA) is 60.8 Å². The van der Waals surface area contributed by atoms with Crippen molar-refractivity contribution in [3.05, 3.63) is 108 Å². The van der Waals surface area contributed by atoms with Gasteiger partial charge in [-0.3, -0.25) is 10.9 Å². The summed E-state index contributed by atoms with van der Waals surface area (Å²) in [4.78, 5) is 4.74. The van der Waals surface area contributed by atoms with Gasteiger partial charge in [-0.05, 0) is 5.56 Å². The molecule has 0 atom stereocenters. The van der Waals surface area contributed by atoms with E-state index in [1.165, 1.54) is 0 Å². The Hall–Kier alpha value is -3.86. The number of nitrogens with zero attached hydrogens (tertiary/aromatic N) is 2. The summed E-state index contributed by atoms with van der Waals surface area (Å²) in [6, 6.07) is 30.1. The van der Waals surface area contributed by atoms with Gasteiger partial charge >= 0.3 is 0 Å². The van der Waals surface area contributed by atoms with Crippen molar-refractivity contribution in [2.45, 2.75) is 0 Å². The first-order chi connectivity index (χ1) is 13.4. The zero-order chi connectivity index (χ0) is 18.3. The van der Waals surface area contributed by atoms with Gasteiger partial charge in [0.25, 0.3) is 0 Å². The van der Waals surface area contributed by atoms with Crippen molar-refractivity contribution in [3.8, 4) is 0 Å². The molecule has 4 rings (SSSR count). The van der Waals surface area contributed by atoms with Crippen LogP contribution in [0.1, 0.15) is 16.7 Å². The number of hydrogen-bond acceptors (Lipinski definition) is 5. The monoisotopic (exact) mass is 353 g/mol. The van der Waals surface area contributed by atoms with Crippen LogP contribution >= 0.6 is 0 Å². The van der Waals surface area contributed by atoms with Crippen LogP contribution in [-0.4, -0.2) is 12.2 Å². The fraction of sp³-hybridized carbons (Fsp3) is 0. The molecule has 1 heterocycles. The maximum atomic E-state index is 4.74. The Kier molecular flexibility index (Phi) is 4.93. The average Bonchev–Trinajstić information content (AvgIpc) is 2.76. The summed E-state index contributed by atoms with van der Waals surface area (Å²) in [5.74, 6) is 0.528. The minimum absolute atomic E-state index is 0.528. The standard InChI is InChI=1S/C22H19N5/c1-4-10-17(11-5-1)16-23-26-22-24-20(18-12-6-2-7-13-18)21(25-27-22)19-14-8-3-9-15-19/h1-16,25H,(H2,24,26,27)/b23-16-. The third kappa shape index (κ3) is 4.04. The highest BCUT2D eigenvalue weighted by molar-refractivity contribution is 5.98. The molecule has 3 aromatic rings. The summed E-state index contributed by atoms with van der Waals surface area (Å²) < 4.78 is 0. The predicted molar refractivity (Wildman–Crippen MR) is 111 cm³/mol. The number of rotatable bonds is 4. The molecular weight excluding hydrogens is 334 g/mol. The number of benzene rings is 3. The molecule has 5 heteroatoms. The lowest BCUT2D eigenvalue weighted by Gasteiger charge is -2.22. The highest BCUT2D eigenvalue weighted by atomic mass is 15.5. The van der Waals surface area contributed by atoms with Crippen LogP contribution in [0.2, 0.25) is 0 Å². The van der Waals surface area contributed by atoms with Crippen LogP contribution in [0, 0.1) is 0 Å². The van der Waals surface area contributed by atoms with Crippen LogP contribution in [0.4, 0.5) is 0 Å². The Morgan fingerprint density at radius 3 is 1.96 bits per heavy atom. The van der Waals surface area contributed by atoms with Crippen LogP contribution in [0.15, 0.2) is 101 Å². The van der Waals surface area contributed by atoms with Crippen molar-refractivity contribution in [2.24, 2.45) is 10.1 Å². The van der Waals surface area contributed by atoms with Gasteiger partial charge in [0.05, 0.1) is 17.6 Å². The van der Waals surface area contributed by atoms with Crippen molar-refractivity contribution in [1.82, 2.24) is 16.3 Å². The van der Waals surface area contributed by atoms with E-state index in [-0.39, 0.29) is 0 Å². The van der Waals surface area contributed by atoms with Crippen LogP contribution in [-0.2, 0) is 0 Å². The predicted octanol–water partition coefficient (Wildman–Crippen LogP) is 3.60. The van der Waals surface area contributed by atoms with Crippen molar-refractivity contribution >= 4 is 23.6 Å². The molecular formula is C22H19N5. The fourth-order valence-corrected chi connectivity index (χ4v) is 2.76. The molecule has 3 aromatic carbocycles. The second-order valence-corrected chi connectivity index (χ2v) is 5.95. The van der Waals surface area contributed by atoms with E-state index in [2.05, 4.69) is 33.5 Å². The maximum absolute atomic E-state index is 4.74. The van der Waals surface area contributed by atoms with Crippen molar-refractivity contribution in [3.63, 3.8) is 0 Å². The Morgan fingerprint density at radius 2 is 1.30 bits per heavy atom. The quantitative estimate of drug-likeness (QED) is 0.496. The summed E-state index contributed by atoms with van der Waals surface area (Å²) in [7, 11) is 0. The number of nitrogens with one attached hydrogen (secondary N) is 3. The first-order valence-corrected chi connectivity index (χ1v) is 8.70. The summed E-state index contributed by atoms with van der Waals surface area (Å²) in [6.45, 7) is 0. The molecule has 1 aliphatic rings. The maximum Gasteiger partial charge on any atom is 0.236 e. The zero-order valence-corrected chi connectivity index (χ0v) is 14.6. The van der Waals surface area contributed by atoms with Gasteiger partial charge in [0.2, 0.25) is 5.96 Å². The Morgan fingerprint density at radius 1 is 0.704 bits per heavy atom. The molecule has 0 saturated carbocycles. The molecule has 132 valence electrons. The summed E-state index contributed by atoms with van der Waals surface area (Å²) >= 11 is 0. The highest BCUT2D eigenvalue weighted by Crippen LogP contribution is 2.26. The molecule has 1 aliphatic heterocycles. The summed E-state index contributed by atoms with van der Waals surface area (Å²) in [5.41, 5.74) is 14.1. The van der Waals surface area contributed by atoms with Gasteiger partial charge in [-0.1, -0.05) is 91.0 Å². The lowest BCUT2D eigenvalue weighted by Crippen LogP contribution is -2.45. The first kappa shape index (κ1) is 16.6. The average molecular weight is 353 g/mol. The normalized spacial score (nSPS) is 13.7. The Labute approximate surface area is 158 Å². The Bertz CT molecular complexity index is 977. The minimum Gasteiger partial charge on any atom is -0.296 e. The van der Waals surface area contributed by atoms with Crippen molar-refractivity contribution in [2.75, 3.05) is 0 Å². The number of hydrazone groups is 1. The van der Waals surface area contributed by atoms with E-state index in [0.717, 1.165) is 28.1 Å². The number of hydrazine groups is 1. The van der Waals surface area contributed by atoms with E-state index in [0.29, 0.717) is 5.96 Å². The van der Waals surface area contributed by atoms with E-state index < -0.39 is 0 Å². The molecule has 0 saturated heterocycles. The van der Waals surface area contributed by atoms with Gasteiger partial charge in [0.1, 0.15) is 0 Å². The van der Waals surface area contributed by atoms with Gasteiger partial charge < -0.3 is 0 Å². The molecule has 0 amide bonds. The van der Waals surface area contributed by atoms with Crippen molar-refractivity contribution < 1.29 is 0 Å². The van der Waals surface area contributed by atoms with Gasteiger partial charge in [-0.25, -0.2) is 10.4 Å². The molecule has 0 spiro atoms. The number of aliphatic imine (C=N–C) groups is 1. The molecule has 0 radical (unpaired) electrons. The van der Waals surface area contributed by atoms with Gasteiger partial charge in [-0.15, -0.1) is 0 Å². The molecule has 0 unspecified atom stereocenters. The fourth-order valence-electron chi connectivity index (χ4n) is 2.76. The van der Waals surface area contributed by atoms with E-state index in [9.17, 15) is 0 Å². The van der Waals surface area contributed by atoms with Crippen LogP contribution in [0.5, 0.6) is 0 Å². The lowest BCUT2D eigenvalue weighted by atomic mass is 10.1. The third-order valence-electron chi connectivity index (χ3n) is 4.06. The molecule has 0 aliphatic carbocycles. The zero-order valence-electron chi connectivity index (χ0n) is 14.6. The largest absolute Gasteiger partial charge is 0.296 e. The summed E-state index contributed by atoms with van der Waals surface area (Å²) in [6.07, 6.45) is 1.75. The summed E-state index contributed by atoms with van der Waals surface area (Å²) in [5, 5.41) is 4.26. The van der Waals surface area contributed by atoms with Crippen LogP contribution < -0.4 is 16.3 Å². The minimum atomic E-state index is 0.528. The SMILES string of the molecule is C(=N/NC1=NC(c2ccccc2)=C(c2ccccc2)NN1)/c1ccccc1. The van der Waals surface area contributed by atoms with Gasteiger partial charge in [-0.2, -0.15) is 5.10 Å². The number of guanidine groups is 1. The van der Waals surface area contributed by atoms with Crippen LogP contribution in [0.3, 0.4) is 0 Å². The Balaban J connectivity index is 1.64. The second-order valence-electron chi connectivity index (χ2n) is 5.95. The molecule has 0 fully saturated rings. The van der Waals surface area contributed by atoms with Crippen molar-refractivity contribution in [1.29, 1.82) is 0 Å². The smallest absolute Gasteiger partial charge is 0.236 e. The van der Waals surface area contributed by atoms with Gasteiger partial charge in [0.15, 0.2) is 0 Å². The molecule has 0 bridgehead atoms. The molecule has 27 heavy (non-hydrogen) atoms. The second kappa shape index (κ2) is 8.01. The molecule has 0 aromatic heterocycles. The number of hydrogen-bond donors (Lipinski definition) is 3. The van der Waals surface area contributed by atoms with E-state index in [1.54, 1.807) is 6.21 Å². The first-order valence-electron chi connectivity index (χ1n) is 8.70. The highest BCUT2D eigenvalue weighted by Gasteiger charge is 2.17. The van der Waals surface area contributed by atoms with Crippen LogP contribution in [0.25, 0.3) is 11.4 Å². The lowest BCUT2D eigenvalue weighted by molar-refractivity contribution is 0.779. The molecule has 5 nitrogen and oxygen atoms in total. The van der Waals surface area contributed by atoms with Gasteiger partial charge in [0, 0.05) is 11.1 Å². The van der Waals surface area contributed by atoms with E-state index >= 15 is 0 Å².